The highest BCUT2D eigenvalue weighted by molar-refractivity contribution is 6.09. The molecule has 3 heterocycles. The molecule has 8 nitrogen and oxygen atoms in total. The highest BCUT2D eigenvalue weighted by Crippen LogP contribution is 2.44. The van der Waals surface area contributed by atoms with E-state index in [1.165, 1.54) is 17.4 Å². The zero-order chi connectivity index (χ0) is 24.4. The van der Waals surface area contributed by atoms with Crippen molar-refractivity contribution in [3.05, 3.63) is 34.9 Å². The Bertz CT molecular complexity index is 1070. The van der Waals surface area contributed by atoms with E-state index < -0.39 is 17.9 Å². The number of piperidine rings is 1. The first-order valence-electron chi connectivity index (χ1n) is 11.5. The summed E-state index contributed by atoms with van der Waals surface area (Å²) in [6, 6.07) is 3.99. The van der Waals surface area contributed by atoms with E-state index in [1.807, 2.05) is 7.05 Å². The third kappa shape index (κ3) is 3.66. The van der Waals surface area contributed by atoms with Crippen LogP contribution in [0.4, 0.5) is 13.2 Å². The van der Waals surface area contributed by atoms with E-state index in [1.54, 1.807) is 11.0 Å². The summed E-state index contributed by atoms with van der Waals surface area (Å²) in [5.41, 5.74) is 1.05. The normalized spacial score (nSPS) is 30.9. The number of fused-ring (bicyclic) bond motifs is 4. The number of benzene rings is 1. The molecule has 0 bridgehead atoms. The van der Waals surface area contributed by atoms with Crippen molar-refractivity contribution in [1.29, 1.82) is 5.41 Å². The molecule has 4 aliphatic rings. The molecule has 11 heteroatoms. The average molecular weight is 477 g/mol. The van der Waals surface area contributed by atoms with Crippen molar-refractivity contribution < 1.29 is 27.6 Å². The van der Waals surface area contributed by atoms with Crippen molar-refractivity contribution in [3.63, 3.8) is 0 Å². The lowest BCUT2D eigenvalue weighted by Gasteiger charge is -2.49. The van der Waals surface area contributed by atoms with Crippen molar-refractivity contribution >= 4 is 23.6 Å². The second kappa shape index (κ2) is 8.07. The molecule has 1 aliphatic carbocycles. The molecule has 0 spiro atoms. The van der Waals surface area contributed by atoms with Gasteiger partial charge in [0.2, 0.25) is 5.91 Å². The fourth-order valence-corrected chi connectivity index (χ4v) is 6.31. The smallest absolute Gasteiger partial charge is 0.350 e. The molecule has 0 radical (unpaired) electrons. The number of amidine groups is 1. The lowest BCUT2D eigenvalue weighted by atomic mass is 9.68. The van der Waals surface area contributed by atoms with Crippen LogP contribution in [0.3, 0.4) is 0 Å². The van der Waals surface area contributed by atoms with E-state index in [9.17, 15) is 27.6 Å². The van der Waals surface area contributed by atoms with E-state index in [4.69, 9.17) is 5.41 Å². The van der Waals surface area contributed by atoms with Gasteiger partial charge in [-0.15, -0.1) is 0 Å². The molecule has 5 atom stereocenters. The Hall–Kier alpha value is -2.95. The minimum Gasteiger partial charge on any atom is -0.350 e. The maximum atomic E-state index is 13.4. The highest BCUT2D eigenvalue weighted by atomic mass is 19.4. The van der Waals surface area contributed by atoms with Crippen molar-refractivity contribution in [1.82, 2.24) is 20.4 Å². The third-order valence-electron chi connectivity index (χ3n) is 7.86. The molecule has 0 aromatic heterocycles. The van der Waals surface area contributed by atoms with Gasteiger partial charge in [0.1, 0.15) is 5.84 Å². The highest BCUT2D eigenvalue weighted by Gasteiger charge is 2.53. The fraction of sp³-hybridized carbons (Fsp3) is 0.565. The number of rotatable bonds is 2. The minimum atomic E-state index is -5.11. The molecule has 1 aromatic rings. The summed E-state index contributed by atoms with van der Waals surface area (Å²) >= 11 is 0. The first kappa shape index (κ1) is 22.8. The Morgan fingerprint density at radius 2 is 1.94 bits per heavy atom. The van der Waals surface area contributed by atoms with Crippen LogP contribution in [0.15, 0.2) is 18.2 Å². The van der Waals surface area contributed by atoms with E-state index in [2.05, 4.69) is 10.2 Å². The van der Waals surface area contributed by atoms with E-state index in [0.717, 1.165) is 32.2 Å². The molecule has 1 aromatic carbocycles. The number of hydrogen-bond acceptors (Lipinski definition) is 5. The summed E-state index contributed by atoms with van der Waals surface area (Å²) in [5, 5.41) is 12.6. The van der Waals surface area contributed by atoms with Crippen LogP contribution in [-0.2, 0) is 16.1 Å². The van der Waals surface area contributed by atoms with Gasteiger partial charge in [0.25, 0.3) is 5.91 Å². The predicted octanol–water partition coefficient (Wildman–Crippen LogP) is 1.63. The number of hydrogen-bond donors (Lipinski definition) is 3. The summed E-state index contributed by atoms with van der Waals surface area (Å²) in [7, 11) is 1.97. The minimum absolute atomic E-state index is 0.0125. The van der Waals surface area contributed by atoms with Gasteiger partial charge in [0.05, 0.1) is 18.1 Å². The Kier molecular flexibility index (Phi) is 5.42. The quantitative estimate of drug-likeness (QED) is 0.445. The number of amides is 3. The molecule has 3 amide bonds. The lowest BCUT2D eigenvalue weighted by Crippen LogP contribution is -2.66. The molecule has 3 fully saturated rings. The maximum Gasteiger partial charge on any atom is 0.471 e. The van der Waals surface area contributed by atoms with Gasteiger partial charge in [-0.2, -0.15) is 13.2 Å². The van der Waals surface area contributed by atoms with Gasteiger partial charge >= 0.3 is 12.1 Å². The van der Waals surface area contributed by atoms with Crippen molar-refractivity contribution in [3.8, 4) is 0 Å². The number of likely N-dealkylation sites (tertiary alicyclic amines) is 1. The van der Waals surface area contributed by atoms with Gasteiger partial charge in [0, 0.05) is 17.7 Å². The van der Waals surface area contributed by atoms with Crippen LogP contribution in [0.5, 0.6) is 0 Å². The van der Waals surface area contributed by atoms with E-state index in [0.29, 0.717) is 23.6 Å². The largest absolute Gasteiger partial charge is 0.471 e. The molecule has 5 rings (SSSR count). The predicted molar refractivity (Wildman–Crippen MR) is 115 cm³/mol. The van der Waals surface area contributed by atoms with E-state index >= 15 is 0 Å². The number of carbonyl (C=O) groups is 3. The van der Waals surface area contributed by atoms with Crippen molar-refractivity contribution in [2.24, 2.45) is 11.8 Å². The topological polar surface area (TPSA) is 106 Å². The van der Waals surface area contributed by atoms with Crippen LogP contribution in [0, 0.1) is 17.2 Å². The molecule has 2 saturated heterocycles. The summed E-state index contributed by atoms with van der Waals surface area (Å²) in [6.07, 6.45) is -1.42. The second-order valence-electron chi connectivity index (χ2n) is 9.71. The molecule has 3 N–H and O–H groups in total. The number of likely N-dealkylation sites (N-methyl/N-ethyl adjacent to an activating group) is 1. The van der Waals surface area contributed by atoms with Crippen LogP contribution >= 0.6 is 0 Å². The van der Waals surface area contributed by atoms with Crippen molar-refractivity contribution in [2.75, 3.05) is 13.6 Å². The van der Waals surface area contributed by atoms with Gasteiger partial charge in [-0.1, -0.05) is 18.6 Å². The molecular weight excluding hydrogens is 451 g/mol. The van der Waals surface area contributed by atoms with Crippen LogP contribution in [0.1, 0.15) is 47.2 Å². The molecule has 3 aliphatic heterocycles. The number of halogens is 3. The number of nitrogens with zero attached hydrogens (tertiary/aromatic N) is 2. The molecule has 1 saturated carbocycles. The standard InChI is InChI=1S/C23H26F3N5O3/c1-30-8-7-14-13-3-2-4-16(17(13)28-20(32)18(14)30)31-10-12-6-5-11(9-15(12)21(31)33)19(27)29-22(34)23(24,25)26/h5-6,9,13-14,16-18H,2-4,7-8,10H2,1H3,(H,28,32)(H2,27,29,34)/t13?,14?,16-,17?,18?/m1/s1. The van der Waals surface area contributed by atoms with Crippen LogP contribution < -0.4 is 10.6 Å². The zero-order valence-corrected chi connectivity index (χ0v) is 18.6. The Labute approximate surface area is 194 Å². The number of nitrogens with one attached hydrogen (secondary N) is 3. The molecule has 182 valence electrons. The Morgan fingerprint density at radius 3 is 2.68 bits per heavy atom. The summed E-state index contributed by atoms with van der Waals surface area (Å²) < 4.78 is 37.6. The Morgan fingerprint density at radius 1 is 1.18 bits per heavy atom. The second-order valence-corrected chi connectivity index (χ2v) is 9.71. The van der Waals surface area contributed by atoms with Crippen molar-refractivity contribution in [2.45, 2.75) is 56.5 Å². The van der Waals surface area contributed by atoms with Gasteiger partial charge < -0.3 is 15.5 Å². The lowest BCUT2D eigenvalue weighted by molar-refractivity contribution is -0.171. The first-order chi connectivity index (χ1) is 16.1. The monoisotopic (exact) mass is 477 g/mol. The van der Waals surface area contributed by atoms with Crippen LogP contribution in [0.2, 0.25) is 0 Å². The SMILES string of the molecule is CN1CCC2C3CCC[C@@H](N4Cc5ccc(C(=N)NC(=O)C(F)(F)F)cc5C4=O)C3NC(=O)C21. The first-order valence-corrected chi connectivity index (χ1v) is 11.5. The molecular formula is C23H26F3N5O3. The van der Waals surface area contributed by atoms with Crippen LogP contribution in [0.25, 0.3) is 0 Å². The molecule has 34 heavy (non-hydrogen) atoms. The summed E-state index contributed by atoms with van der Waals surface area (Å²) in [5.74, 6) is -2.64. The van der Waals surface area contributed by atoms with Gasteiger partial charge in [-0.05, 0) is 56.3 Å². The Balaban J connectivity index is 1.35. The summed E-state index contributed by atoms with van der Waals surface area (Å²) in [6.45, 7) is 1.22. The van der Waals surface area contributed by atoms with Crippen LogP contribution in [-0.4, -0.2) is 71.3 Å². The van der Waals surface area contributed by atoms with Gasteiger partial charge in [-0.3, -0.25) is 24.7 Å². The third-order valence-corrected chi connectivity index (χ3v) is 7.86. The zero-order valence-electron chi connectivity index (χ0n) is 18.6. The van der Waals surface area contributed by atoms with Gasteiger partial charge in [-0.25, -0.2) is 0 Å². The van der Waals surface area contributed by atoms with E-state index in [-0.39, 0.29) is 41.4 Å². The number of carbonyl (C=O) groups excluding carboxylic acids is 3. The summed E-state index contributed by atoms with van der Waals surface area (Å²) in [4.78, 5) is 41.3. The molecule has 4 unspecified atom stereocenters. The average Bonchev–Trinajstić information content (AvgIpc) is 3.33. The number of alkyl halides is 3. The maximum absolute atomic E-state index is 13.4. The van der Waals surface area contributed by atoms with Gasteiger partial charge in [0.15, 0.2) is 0 Å². The fourth-order valence-electron chi connectivity index (χ4n) is 6.31.